The normalized spacial score (nSPS) is 16.1. The topological polar surface area (TPSA) is 92.5 Å². The van der Waals surface area contributed by atoms with Crippen molar-refractivity contribution in [2.45, 2.75) is 26.0 Å². The highest BCUT2D eigenvalue weighted by Gasteiger charge is 2.44. The summed E-state index contributed by atoms with van der Waals surface area (Å²) in [6.07, 6.45) is -0.0615. The number of amides is 1. The van der Waals surface area contributed by atoms with Crippen molar-refractivity contribution < 1.29 is 28.6 Å². The number of furan rings is 1. The smallest absolute Gasteiger partial charge is 0.290 e. The lowest BCUT2D eigenvalue weighted by molar-refractivity contribution is -0.129. The number of methoxy groups -OCH3 is 1. The van der Waals surface area contributed by atoms with Crippen molar-refractivity contribution >= 4 is 22.7 Å². The van der Waals surface area contributed by atoms with Gasteiger partial charge in [0, 0.05) is 18.5 Å². The predicted octanol–water partition coefficient (Wildman–Crippen LogP) is 4.37. The van der Waals surface area contributed by atoms with E-state index in [1.807, 2.05) is 51.0 Å². The molecule has 1 unspecified atom stereocenters. The fraction of sp³-hybridized carbons (Fsp3) is 0.333. The van der Waals surface area contributed by atoms with Gasteiger partial charge in [-0.3, -0.25) is 9.59 Å². The summed E-state index contributed by atoms with van der Waals surface area (Å²) in [5, 5.41) is 11.7. The molecule has 1 aliphatic rings. The SMILES string of the molecule is COc1cc(C2C(C(=O)c3cc4ccccc4o3)=C(O)C(=O)N2CCN(C)C)ccc1OC(C)C. The number of ketones is 1. The van der Waals surface area contributed by atoms with E-state index in [9.17, 15) is 14.7 Å². The third-order valence-electron chi connectivity index (χ3n) is 5.85. The van der Waals surface area contributed by atoms with Crippen LogP contribution in [0.5, 0.6) is 11.5 Å². The quantitative estimate of drug-likeness (QED) is 0.457. The van der Waals surface area contributed by atoms with Crippen molar-refractivity contribution in [2.24, 2.45) is 0 Å². The molecule has 8 nitrogen and oxygen atoms in total. The first-order valence-corrected chi connectivity index (χ1v) is 11.5. The Morgan fingerprint density at radius 3 is 2.54 bits per heavy atom. The van der Waals surface area contributed by atoms with E-state index in [-0.39, 0.29) is 17.4 Å². The summed E-state index contributed by atoms with van der Waals surface area (Å²) >= 11 is 0. The van der Waals surface area contributed by atoms with E-state index >= 15 is 0 Å². The van der Waals surface area contributed by atoms with Gasteiger partial charge in [-0.05, 0) is 57.8 Å². The second kappa shape index (κ2) is 9.84. The number of likely N-dealkylation sites (N-methyl/N-ethyl adjacent to an activating group) is 1. The zero-order valence-corrected chi connectivity index (χ0v) is 20.6. The first-order valence-electron chi connectivity index (χ1n) is 11.5. The predicted molar refractivity (Wildman–Crippen MR) is 132 cm³/mol. The number of benzene rings is 2. The van der Waals surface area contributed by atoms with Crippen LogP contribution in [0.15, 0.2) is 64.3 Å². The Morgan fingerprint density at radius 2 is 1.89 bits per heavy atom. The summed E-state index contributed by atoms with van der Waals surface area (Å²) in [5.74, 6) is -0.622. The molecule has 1 aromatic heterocycles. The number of nitrogens with zero attached hydrogens (tertiary/aromatic N) is 2. The second-order valence-electron chi connectivity index (χ2n) is 9.02. The van der Waals surface area contributed by atoms with Gasteiger partial charge in [0.2, 0.25) is 5.78 Å². The van der Waals surface area contributed by atoms with Gasteiger partial charge in [0.1, 0.15) is 5.58 Å². The van der Waals surface area contributed by atoms with Crippen molar-refractivity contribution in [1.82, 2.24) is 9.80 Å². The lowest BCUT2D eigenvalue weighted by atomic mass is 9.94. The number of Topliss-reactive ketones (excluding diaryl/α,β-unsaturated/α-hetero) is 1. The Hall–Kier alpha value is -3.78. The van der Waals surface area contributed by atoms with E-state index in [2.05, 4.69) is 0 Å². The van der Waals surface area contributed by atoms with Crippen molar-refractivity contribution in [1.29, 1.82) is 0 Å². The Morgan fingerprint density at radius 1 is 1.14 bits per heavy atom. The van der Waals surface area contributed by atoms with Gasteiger partial charge in [-0.25, -0.2) is 0 Å². The van der Waals surface area contributed by atoms with Gasteiger partial charge >= 0.3 is 0 Å². The molecule has 1 aliphatic heterocycles. The molecule has 2 heterocycles. The average Bonchev–Trinajstić information content (AvgIpc) is 3.36. The van der Waals surface area contributed by atoms with Crippen LogP contribution in [0.25, 0.3) is 11.0 Å². The summed E-state index contributed by atoms with van der Waals surface area (Å²) in [4.78, 5) is 30.2. The van der Waals surface area contributed by atoms with Gasteiger partial charge < -0.3 is 28.8 Å². The first-order chi connectivity index (χ1) is 16.7. The molecule has 0 bridgehead atoms. The largest absolute Gasteiger partial charge is 0.503 e. The molecule has 0 saturated heterocycles. The highest BCUT2D eigenvalue weighted by molar-refractivity contribution is 6.16. The molecule has 3 aromatic rings. The summed E-state index contributed by atoms with van der Waals surface area (Å²) in [5.41, 5.74) is 1.15. The number of ether oxygens (including phenoxy) is 2. The van der Waals surface area contributed by atoms with Crippen molar-refractivity contribution in [3.8, 4) is 11.5 Å². The second-order valence-corrected chi connectivity index (χ2v) is 9.02. The minimum Gasteiger partial charge on any atom is -0.503 e. The molecule has 0 spiro atoms. The number of carbonyl (C=O) groups is 2. The van der Waals surface area contributed by atoms with Crippen LogP contribution in [0.4, 0.5) is 0 Å². The number of aliphatic hydroxyl groups excluding tert-OH is 1. The molecule has 1 atom stereocenters. The molecule has 1 amide bonds. The third-order valence-corrected chi connectivity index (χ3v) is 5.85. The molecule has 2 aromatic carbocycles. The van der Waals surface area contributed by atoms with Gasteiger partial charge in [0.05, 0.1) is 24.8 Å². The minimum absolute atomic E-state index is 0.0209. The fourth-order valence-corrected chi connectivity index (χ4v) is 4.20. The number of carbonyl (C=O) groups excluding carboxylic acids is 2. The molecule has 4 rings (SSSR count). The summed E-state index contributed by atoms with van der Waals surface area (Å²) in [6, 6.07) is 13.3. The molecular weight excluding hydrogens is 448 g/mol. The van der Waals surface area contributed by atoms with Crippen LogP contribution < -0.4 is 9.47 Å². The molecule has 8 heteroatoms. The molecule has 0 aliphatic carbocycles. The van der Waals surface area contributed by atoms with Crippen LogP contribution in [-0.2, 0) is 4.79 Å². The highest BCUT2D eigenvalue weighted by atomic mass is 16.5. The number of aliphatic hydroxyl groups is 1. The Kier molecular flexibility index (Phi) is 6.84. The molecule has 1 N–H and O–H groups in total. The van der Waals surface area contributed by atoms with E-state index in [0.29, 0.717) is 35.7 Å². The van der Waals surface area contributed by atoms with E-state index in [0.717, 1.165) is 5.39 Å². The zero-order chi connectivity index (χ0) is 25.3. The van der Waals surface area contributed by atoms with Crippen LogP contribution in [0.2, 0.25) is 0 Å². The average molecular weight is 479 g/mol. The van der Waals surface area contributed by atoms with Gasteiger partial charge in [-0.2, -0.15) is 0 Å². The van der Waals surface area contributed by atoms with E-state index < -0.39 is 23.5 Å². The molecular formula is C27H30N2O6. The van der Waals surface area contributed by atoms with Crippen LogP contribution in [0.1, 0.15) is 36.0 Å². The highest BCUT2D eigenvalue weighted by Crippen LogP contribution is 2.42. The van der Waals surface area contributed by atoms with E-state index in [4.69, 9.17) is 13.9 Å². The van der Waals surface area contributed by atoms with E-state index in [1.54, 1.807) is 30.3 Å². The summed E-state index contributed by atoms with van der Waals surface area (Å²) < 4.78 is 17.1. The summed E-state index contributed by atoms with van der Waals surface area (Å²) in [7, 11) is 5.32. The zero-order valence-electron chi connectivity index (χ0n) is 20.6. The minimum atomic E-state index is -0.815. The molecule has 0 fully saturated rings. The first kappa shape index (κ1) is 24.3. The fourth-order valence-electron chi connectivity index (χ4n) is 4.20. The lowest BCUT2D eigenvalue weighted by Crippen LogP contribution is -2.36. The molecule has 35 heavy (non-hydrogen) atoms. The molecule has 0 saturated carbocycles. The maximum absolute atomic E-state index is 13.6. The van der Waals surface area contributed by atoms with Crippen LogP contribution >= 0.6 is 0 Å². The van der Waals surface area contributed by atoms with Crippen molar-refractivity contribution in [3.05, 3.63) is 71.2 Å². The lowest BCUT2D eigenvalue weighted by Gasteiger charge is -2.28. The number of rotatable bonds is 9. The maximum Gasteiger partial charge on any atom is 0.290 e. The number of hydrogen-bond donors (Lipinski definition) is 1. The van der Waals surface area contributed by atoms with Crippen molar-refractivity contribution in [3.63, 3.8) is 0 Å². The van der Waals surface area contributed by atoms with Gasteiger partial charge in [0.15, 0.2) is 23.0 Å². The van der Waals surface area contributed by atoms with Crippen LogP contribution in [0.3, 0.4) is 0 Å². The standard InChI is InChI=1S/C27H30N2O6/c1-16(2)34-20-11-10-18(15-21(20)33-5)24-23(26(31)27(32)29(24)13-12-28(3)4)25(30)22-14-17-8-6-7-9-19(17)35-22/h6-11,14-16,24,31H,12-13H2,1-5H3. The third kappa shape index (κ3) is 4.74. The Balaban J connectivity index is 1.80. The Bertz CT molecular complexity index is 1260. The Labute approximate surface area is 204 Å². The van der Waals surface area contributed by atoms with Gasteiger partial charge in [-0.15, -0.1) is 0 Å². The maximum atomic E-state index is 13.6. The number of fused-ring (bicyclic) bond motifs is 1. The molecule has 184 valence electrons. The van der Waals surface area contributed by atoms with Crippen LogP contribution in [0, 0.1) is 0 Å². The van der Waals surface area contributed by atoms with E-state index in [1.165, 1.54) is 12.0 Å². The van der Waals surface area contributed by atoms with Gasteiger partial charge in [-0.1, -0.05) is 24.3 Å². The van der Waals surface area contributed by atoms with Crippen molar-refractivity contribution in [2.75, 3.05) is 34.3 Å². The van der Waals surface area contributed by atoms with Crippen LogP contribution in [-0.4, -0.2) is 67.0 Å². The number of para-hydroxylation sites is 1. The van der Waals surface area contributed by atoms with Gasteiger partial charge in [0.25, 0.3) is 5.91 Å². The molecule has 0 radical (unpaired) electrons. The monoisotopic (exact) mass is 478 g/mol. The summed E-state index contributed by atoms with van der Waals surface area (Å²) in [6.45, 7) is 4.69. The number of hydrogen-bond acceptors (Lipinski definition) is 7.